The van der Waals surface area contributed by atoms with Crippen molar-refractivity contribution in [3.05, 3.63) is 32.7 Å². The van der Waals surface area contributed by atoms with Crippen molar-refractivity contribution in [2.24, 2.45) is 0 Å². The topological polar surface area (TPSA) is 0 Å². The van der Waals surface area contributed by atoms with E-state index in [1.54, 1.807) is 0 Å². The van der Waals surface area contributed by atoms with Crippen LogP contribution in [0.15, 0.2) is 27.1 Å². The highest BCUT2D eigenvalue weighted by atomic mass is 79.9. The van der Waals surface area contributed by atoms with Crippen LogP contribution in [0.25, 0.3) is 0 Å². The molecule has 0 heterocycles. The number of benzene rings is 1. The zero-order valence-corrected chi connectivity index (χ0v) is 9.71. The van der Waals surface area contributed by atoms with Gasteiger partial charge in [-0.3, -0.25) is 0 Å². The molecule has 3 heteroatoms. The molecule has 1 aromatic rings. The highest BCUT2D eigenvalue weighted by Gasteiger charge is 1.98. The molecule has 0 aromatic heterocycles. The largest absolute Gasteiger partial charge is 0.126 e. The van der Waals surface area contributed by atoms with Crippen LogP contribution in [0.5, 0.6) is 0 Å². The maximum Gasteiger partial charge on any atom is 0.0264 e. The molecule has 0 N–H and O–H groups in total. The summed E-state index contributed by atoms with van der Waals surface area (Å²) in [6.07, 6.45) is 0.904. The highest BCUT2D eigenvalue weighted by molar-refractivity contribution is 9.11. The van der Waals surface area contributed by atoms with Gasteiger partial charge in [0, 0.05) is 14.8 Å². The Morgan fingerprint density at radius 3 is 2.64 bits per heavy atom. The molecule has 0 spiro atoms. The summed E-state index contributed by atoms with van der Waals surface area (Å²) in [5.74, 6) is 0.662. The fourth-order valence-electron chi connectivity index (χ4n) is 0.837. The molecule has 0 fully saturated rings. The fraction of sp³-hybridized carbons (Fsp3) is 0.250. The van der Waals surface area contributed by atoms with Crippen LogP contribution in [0.2, 0.25) is 0 Å². The highest BCUT2D eigenvalue weighted by Crippen LogP contribution is 2.21. The number of hydrogen-bond donors (Lipinski definition) is 0. The lowest BCUT2D eigenvalue weighted by molar-refractivity contribution is 1.13. The van der Waals surface area contributed by atoms with Gasteiger partial charge in [-0.25, -0.2) is 0 Å². The van der Waals surface area contributed by atoms with Gasteiger partial charge in [0.15, 0.2) is 0 Å². The lowest BCUT2D eigenvalue weighted by Crippen LogP contribution is -1.87. The average Bonchev–Trinajstić information content (AvgIpc) is 1.98. The van der Waals surface area contributed by atoms with Crippen LogP contribution in [0, 0.1) is 0 Å². The van der Waals surface area contributed by atoms with Crippen molar-refractivity contribution in [3.8, 4) is 0 Å². The van der Waals surface area contributed by atoms with Crippen molar-refractivity contribution in [2.75, 3.05) is 5.88 Å². The summed E-state index contributed by atoms with van der Waals surface area (Å²) in [6.45, 7) is 0. The second kappa shape index (κ2) is 4.48. The maximum absolute atomic E-state index is 5.62. The first-order valence-corrected chi connectivity index (χ1v) is 5.36. The van der Waals surface area contributed by atoms with E-state index in [9.17, 15) is 0 Å². The minimum atomic E-state index is 0.662. The lowest BCUT2D eigenvalue weighted by atomic mass is 10.2. The first kappa shape index (κ1) is 9.56. The summed E-state index contributed by atoms with van der Waals surface area (Å²) in [7, 11) is 0. The van der Waals surface area contributed by atoms with Crippen LogP contribution in [0.3, 0.4) is 0 Å². The van der Waals surface area contributed by atoms with E-state index in [0.29, 0.717) is 5.88 Å². The van der Waals surface area contributed by atoms with E-state index in [2.05, 4.69) is 37.9 Å². The van der Waals surface area contributed by atoms with Crippen LogP contribution in [0.4, 0.5) is 0 Å². The van der Waals surface area contributed by atoms with Gasteiger partial charge in [0.1, 0.15) is 0 Å². The molecule has 0 unspecified atom stereocenters. The van der Waals surface area contributed by atoms with Crippen LogP contribution >= 0.6 is 43.5 Å². The average molecular weight is 298 g/mol. The lowest BCUT2D eigenvalue weighted by Gasteiger charge is -2.01. The molecule has 0 amide bonds. The van der Waals surface area contributed by atoms with E-state index in [4.69, 9.17) is 11.6 Å². The van der Waals surface area contributed by atoms with Crippen molar-refractivity contribution in [1.29, 1.82) is 0 Å². The number of rotatable bonds is 2. The van der Waals surface area contributed by atoms with Gasteiger partial charge < -0.3 is 0 Å². The minimum absolute atomic E-state index is 0.662. The van der Waals surface area contributed by atoms with Crippen LogP contribution in [-0.4, -0.2) is 5.88 Å². The van der Waals surface area contributed by atoms with Gasteiger partial charge in [0.25, 0.3) is 0 Å². The Balaban J connectivity index is 2.93. The van der Waals surface area contributed by atoms with E-state index in [0.717, 1.165) is 15.4 Å². The minimum Gasteiger partial charge on any atom is -0.126 e. The van der Waals surface area contributed by atoms with Crippen LogP contribution in [0.1, 0.15) is 5.56 Å². The molecule has 0 saturated heterocycles. The maximum atomic E-state index is 5.62. The summed E-state index contributed by atoms with van der Waals surface area (Å²) in [5.41, 5.74) is 1.24. The second-order valence-corrected chi connectivity index (χ2v) is 4.32. The molecule has 0 radical (unpaired) electrons. The molecular weight excluding hydrogens is 291 g/mol. The summed E-state index contributed by atoms with van der Waals surface area (Å²) in [5, 5.41) is 0. The molecule has 1 rings (SSSR count). The predicted octanol–water partition coefficient (Wildman–Crippen LogP) is 3.99. The Bertz CT molecular complexity index is 248. The Hall–Kier alpha value is 0.470. The normalized spacial score (nSPS) is 10.1. The number of alkyl halides is 1. The molecule has 1 aromatic carbocycles. The SMILES string of the molecule is ClCCc1cc(Br)ccc1Br. The van der Waals surface area contributed by atoms with Crippen molar-refractivity contribution < 1.29 is 0 Å². The number of aryl methyl sites for hydroxylation is 1. The van der Waals surface area contributed by atoms with E-state index in [1.165, 1.54) is 5.56 Å². The first-order chi connectivity index (χ1) is 5.24. The van der Waals surface area contributed by atoms with Gasteiger partial charge >= 0.3 is 0 Å². The number of halogens is 3. The summed E-state index contributed by atoms with van der Waals surface area (Å²) in [6, 6.07) is 6.10. The molecule has 0 nitrogen and oxygen atoms in total. The van der Waals surface area contributed by atoms with Gasteiger partial charge in [-0.05, 0) is 30.2 Å². The zero-order valence-electron chi connectivity index (χ0n) is 5.78. The molecule has 0 saturated carbocycles. The molecule has 0 aliphatic heterocycles. The second-order valence-electron chi connectivity index (χ2n) is 2.17. The van der Waals surface area contributed by atoms with Gasteiger partial charge in [0.05, 0.1) is 0 Å². The van der Waals surface area contributed by atoms with Gasteiger partial charge in [-0.2, -0.15) is 0 Å². The van der Waals surface area contributed by atoms with Crippen LogP contribution < -0.4 is 0 Å². The van der Waals surface area contributed by atoms with Crippen molar-refractivity contribution >= 4 is 43.5 Å². The molecule has 0 bridgehead atoms. The molecule has 0 atom stereocenters. The number of hydrogen-bond acceptors (Lipinski definition) is 0. The monoisotopic (exact) mass is 296 g/mol. The van der Waals surface area contributed by atoms with E-state index in [1.807, 2.05) is 12.1 Å². The van der Waals surface area contributed by atoms with Crippen molar-refractivity contribution in [2.45, 2.75) is 6.42 Å². The Morgan fingerprint density at radius 1 is 1.27 bits per heavy atom. The molecule has 0 aliphatic carbocycles. The standard InChI is InChI=1S/C8H7Br2Cl/c9-7-1-2-8(10)6(5-7)3-4-11/h1-2,5H,3-4H2. The molecule has 60 valence electrons. The molecule has 0 aliphatic rings. The Labute approximate surface area is 88.2 Å². The van der Waals surface area contributed by atoms with E-state index >= 15 is 0 Å². The quantitative estimate of drug-likeness (QED) is 0.724. The summed E-state index contributed by atoms with van der Waals surface area (Å²) in [4.78, 5) is 0. The van der Waals surface area contributed by atoms with Crippen LogP contribution in [-0.2, 0) is 6.42 Å². The third kappa shape index (κ3) is 2.77. The van der Waals surface area contributed by atoms with Crippen molar-refractivity contribution in [3.63, 3.8) is 0 Å². The predicted molar refractivity (Wildman–Crippen MR) is 56.3 cm³/mol. The molecular formula is C8H7Br2Cl. The first-order valence-electron chi connectivity index (χ1n) is 3.24. The Morgan fingerprint density at radius 2 is 2.00 bits per heavy atom. The third-order valence-corrected chi connectivity index (χ3v) is 2.83. The zero-order chi connectivity index (χ0) is 8.27. The third-order valence-electron chi connectivity index (χ3n) is 1.37. The van der Waals surface area contributed by atoms with Gasteiger partial charge in [-0.1, -0.05) is 31.9 Å². The summed E-state index contributed by atoms with van der Waals surface area (Å²) >= 11 is 12.5. The van der Waals surface area contributed by atoms with Gasteiger partial charge in [-0.15, -0.1) is 11.6 Å². The van der Waals surface area contributed by atoms with E-state index < -0.39 is 0 Å². The smallest absolute Gasteiger partial charge is 0.0264 e. The summed E-state index contributed by atoms with van der Waals surface area (Å²) < 4.78 is 2.22. The molecule has 11 heavy (non-hydrogen) atoms. The van der Waals surface area contributed by atoms with Crippen molar-refractivity contribution in [1.82, 2.24) is 0 Å². The van der Waals surface area contributed by atoms with E-state index in [-0.39, 0.29) is 0 Å². The van der Waals surface area contributed by atoms with Gasteiger partial charge in [0.2, 0.25) is 0 Å². The Kier molecular flexibility index (Phi) is 3.90. The fourth-order valence-corrected chi connectivity index (χ4v) is 1.89.